The van der Waals surface area contributed by atoms with Gasteiger partial charge < -0.3 is 19.5 Å². The number of aryl methyl sites for hydroxylation is 2. The highest BCUT2D eigenvalue weighted by molar-refractivity contribution is 6.30. The zero-order valence-electron chi connectivity index (χ0n) is 17.7. The highest BCUT2D eigenvalue weighted by Gasteiger charge is 2.14. The molecule has 3 aromatic rings. The normalized spacial score (nSPS) is 10.6. The minimum Gasteiger partial charge on any atom is -0.497 e. The predicted molar refractivity (Wildman–Crippen MR) is 118 cm³/mol. The van der Waals surface area contributed by atoms with Crippen LogP contribution in [-0.4, -0.2) is 37.6 Å². The number of nitrogens with one attached hydrogen (secondary N) is 1. The minimum atomic E-state index is -0.598. The number of pyridine rings is 1. The van der Waals surface area contributed by atoms with Gasteiger partial charge in [-0.1, -0.05) is 23.7 Å². The number of amides is 1. The fraction of sp³-hybridized carbons (Fsp3) is 0.261. The van der Waals surface area contributed by atoms with Gasteiger partial charge in [0.15, 0.2) is 0 Å². The molecule has 1 aromatic heterocycles. The van der Waals surface area contributed by atoms with Crippen molar-refractivity contribution in [1.82, 2.24) is 10.3 Å². The van der Waals surface area contributed by atoms with Crippen molar-refractivity contribution in [2.45, 2.75) is 20.5 Å². The van der Waals surface area contributed by atoms with E-state index in [0.29, 0.717) is 22.6 Å². The lowest BCUT2D eigenvalue weighted by atomic mass is 10.0. The molecule has 0 aliphatic rings. The first-order chi connectivity index (χ1) is 14.8. The van der Waals surface area contributed by atoms with Gasteiger partial charge in [0.05, 0.1) is 19.7 Å². The third-order valence-electron chi connectivity index (χ3n) is 4.93. The monoisotopic (exact) mass is 442 g/mol. The number of benzene rings is 2. The molecule has 0 bridgehead atoms. The number of rotatable bonds is 7. The van der Waals surface area contributed by atoms with Gasteiger partial charge in [-0.3, -0.25) is 9.59 Å². The Bertz CT molecular complexity index is 1120. The Morgan fingerprint density at radius 1 is 1.03 bits per heavy atom. The summed E-state index contributed by atoms with van der Waals surface area (Å²) in [5.41, 5.74) is 3.89. The van der Waals surface area contributed by atoms with Gasteiger partial charge in [0, 0.05) is 22.6 Å². The molecule has 1 heterocycles. The van der Waals surface area contributed by atoms with Crippen LogP contribution in [0.1, 0.15) is 27.0 Å². The number of hydrogen-bond acceptors (Lipinski definition) is 6. The summed E-state index contributed by atoms with van der Waals surface area (Å²) in [5, 5.41) is 3.72. The van der Waals surface area contributed by atoms with E-state index in [4.69, 9.17) is 25.8 Å². The van der Waals surface area contributed by atoms with Crippen molar-refractivity contribution in [2.75, 3.05) is 20.8 Å². The molecule has 0 atom stereocenters. The molecule has 31 heavy (non-hydrogen) atoms. The maximum Gasteiger partial charge on any atom is 0.325 e. The summed E-state index contributed by atoms with van der Waals surface area (Å²) in [6.07, 6.45) is 0. The van der Waals surface area contributed by atoms with Crippen molar-refractivity contribution >= 4 is 34.4 Å². The number of carbonyl (C=O) groups excluding carboxylic acids is 2. The van der Waals surface area contributed by atoms with E-state index in [0.717, 1.165) is 22.0 Å². The first-order valence-corrected chi connectivity index (χ1v) is 9.92. The van der Waals surface area contributed by atoms with E-state index in [9.17, 15) is 9.59 Å². The maximum absolute atomic E-state index is 12.4. The van der Waals surface area contributed by atoms with E-state index in [-0.39, 0.29) is 18.3 Å². The number of fused-ring (bicyclic) bond motifs is 1. The van der Waals surface area contributed by atoms with Crippen LogP contribution in [0.5, 0.6) is 11.5 Å². The summed E-state index contributed by atoms with van der Waals surface area (Å²) in [7, 11) is 2.98. The lowest BCUT2D eigenvalue weighted by molar-refractivity contribution is -0.143. The Morgan fingerprint density at radius 2 is 1.71 bits per heavy atom. The van der Waals surface area contributed by atoms with E-state index >= 15 is 0 Å². The van der Waals surface area contributed by atoms with Crippen molar-refractivity contribution < 1.29 is 23.8 Å². The molecule has 0 aliphatic carbocycles. The Morgan fingerprint density at radius 3 is 2.35 bits per heavy atom. The zero-order valence-corrected chi connectivity index (χ0v) is 18.5. The maximum atomic E-state index is 12.4. The molecule has 1 N–H and O–H groups in total. The van der Waals surface area contributed by atoms with E-state index in [2.05, 4.69) is 10.3 Å². The van der Waals surface area contributed by atoms with Crippen molar-refractivity contribution in [3.8, 4) is 11.5 Å². The molecular weight excluding hydrogens is 420 g/mol. The van der Waals surface area contributed by atoms with Crippen molar-refractivity contribution in [2.24, 2.45) is 0 Å². The van der Waals surface area contributed by atoms with Crippen LogP contribution in [0.25, 0.3) is 10.9 Å². The molecule has 3 rings (SSSR count). The number of nitrogens with zero attached hydrogens (tertiary/aromatic N) is 1. The summed E-state index contributed by atoms with van der Waals surface area (Å²) in [5.74, 6) is -0.114. The zero-order chi connectivity index (χ0) is 22.5. The van der Waals surface area contributed by atoms with Crippen LogP contribution in [0, 0.1) is 13.8 Å². The minimum absolute atomic E-state index is 0.0453. The molecule has 0 saturated heterocycles. The Kier molecular flexibility index (Phi) is 6.97. The molecule has 0 radical (unpaired) electrons. The average molecular weight is 443 g/mol. The number of aromatic nitrogens is 1. The molecule has 7 nitrogen and oxygen atoms in total. The van der Waals surface area contributed by atoms with Gasteiger partial charge >= 0.3 is 5.97 Å². The largest absolute Gasteiger partial charge is 0.497 e. The first-order valence-electron chi connectivity index (χ1n) is 9.54. The molecule has 162 valence electrons. The molecule has 0 fully saturated rings. The van der Waals surface area contributed by atoms with E-state index in [1.165, 1.54) is 14.2 Å². The van der Waals surface area contributed by atoms with Gasteiger partial charge in [-0.05, 0) is 43.2 Å². The second-order valence-electron chi connectivity index (χ2n) is 6.96. The Balaban J connectivity index is 1.61. The molecule has 2 aromatic carbocycles. The highest BCUT2D eigenvalue weighted by Crippen LogP contribution is 2.25. The quantitative estimate of drug-likeness (QED) is 0.439. The second kappa shape index (κ2) is 9.66. The standard InChI is InChI=1S/C23H23ClN2O5/c1-13-5-6-15-7-17(22(24)26-21(15)14(13)2)12-31-20(27)11-25-23(28)16-8-18(29-3)10-19(9-16)30-4/h5-10H,11-12H2,1-4H3,(H,25,28). The smallest absolute Gasteiger partial charge is 0.325 e. The Labute approximate surface area is 185 Å². The molecule has 0 unspecified atom stereocenters. The summed E-state index contributed by atoms with van der Waals surface area (Å²) in [4.78, 5) is 28.9. The number of carbonyl (C=O) groups is 2. The van der Waals surface area contributed by atoms with Gasteiger partial charge in [0.25, 0.3) is 5.91 Å². The lowest BCUT2D eigenvalue weighted by Crippen LogP contribution is -2.30. The second-order valence-corrected chi connectivity index (χ2v) is 7.32. The van der Waals surface area contributed by atoms with E-state index < -0.39 is 11.9 Å². The van der Waals surface area contributed by atoms with Crippen molar-refractivity contribution in [1.29, 1.82) is 0 Å². The highest BCUT2D eigenvalue weighted by atomic mass is 35.5. The molecule has 8 heteroatoms. The summed E-state index contributed by atoms with van der Waals surface area (Å²) in [6.45, 7) is 3.66. The van der Waals surface area contributed by atoms with Crippen LogP contribution in [0.4, 0.5) is 0 Å². The number of esters is 1. The topological polar surface area (TPSA) is 86.8 Å². The van der Waals surface area contributed by atoms with Crippen LogP contribution in [0.2, 0.25) is 5.15 Å². The first kappa shape index (κ1) is 22.4. The molecular formula is C23H23ClN2O5. The van der Waals surface area contributed by atoms with Crippen LogP contribution in [0.3, 0.4) is 0 Å². The molecule has 0 aliphatic heterocycles. The lowest BCUT2D eigenvalue weighted by Gasteiger charge is -2.11. The molecule has 1 amide bonds. The third kappa shape index (κ3) is 5.24. The van der Waals surface area contributed by atoms with Crippen LogP contribution >= 0.6 is 11.6 Å². The number of ether oxygens (including phenoxy) is 3. The van der Waals surface area contributed by atoms with Gasteiger partial charge in [-0.15, -0.1) is 0 Å². The van der Waals surface area contributed by atoms with Gasteiger partial charge in [-0.2, -0.15) is 0 Å². The average Bonchev–Trinajstić information content (AvgIpc) is 2.78. The summed E-state index contributed by atoms with van der Waals surface area (Å²) >= 11 is 6.28. The summed E-state index contributed by atoms with van der Waals surface area (Å²) < 4.78 is 15.6. The van der Waals surface area contributed by atoms with Crippen LogP contribution in [-0.2, 0) is 16.1 Å². The number of methoxy groups -OCH3 is 2. The molecule has 0 spiro atoms. The SMILES string of the molecule is COc1cc(OC)cc(C(=O)NCC(=O)OCc2cc3ccc(C)c(C)c3nc2Cl)c1. The fourth-order valence-electron chi connectivity index (χ4n) is 3.01. The fourth-order valence-corrected chi connectivity index (χ4v) is 3.20. The molecule has 0 saturated carbocycles. The van der Waals surface area contributed by atoms with Crippen molar-refractivity contribution in [3.63, 3.8) is 0 Å². The number of halogens is 1. The van der Waals surface area contributed by atoms with Crippen LogP contribution < -0.4 is 14.8 Å². The van der Waals surface area contributed by atoms with E-state index in [1.54, 1.807) is 18.2 Å². The van der Waals surface area contributed by atoms with Gasteiger partial charge in [0.2, 0.25) is 0 Å². The van der Waals surface area contributed by atoms with Crippen LogP contribution in [0.15, 0.2) is 36.4 Å². The summed E-state index contributed by atoms with van der Waals surface area (Å²) in [6, 6.07) is 10.6. The van der Waals surface area contributed by atoms with Gasteiger partial charge in [0.1, 0.15) is 29.8 Å². The predicted octanol–water partition coefficient (Wildman–Crippen LogP) is 4.00. The van der Waals surface area contributed by atoms with E-state index in [1.807, 2.05) is 32.0 Å². The Hall–Kier alpha value is -3.32. The van der Waals surface area contributed by atoms with Crippen molar-refractivity contribution in [3.05, 3.63) is 63.8 Å². The number of hydrogen-bond donors (Lipinski definition) is 1. The van der Waals surface area contributed by atoms with Gasteiger partial charge in [-0.25, -0.2) is 4.98 Å². The third-order valence-corrected chi connectivity index (χ3v) is 5.26.